The van der Waals surface area contributed by atoms with Crippen LogP contribution in [-0.4, -0.2) is 28.0 Å². The number of benzene rings is 1. The fourth-order valence-electron chi connectivity index (χ4n) is 1.64. The predicted molar refractivity (Wildman–Crippen MR) is 77.7 cm³/mol. The number of carbonyl (C=O) groups is 1. The van der Waals surface area contributed by atoms with Crippen LogP contribution >= 0.6 is 10.7 Å². The Morgan fingerprint density at radius 2 is 2.05 bits per heavy atom. The van der Waals surface area contributed by atoms with Crippen molar-refractivity contribution < 1.29 is 17.9 Å². The second-order valence-corrected chi connectivity index (χ2v) is 7.13. The van der Waals surface area contributed by atoms with Crippen LogP contribution < -0.4 is 10.1 Å². The normalized spacial score (nSPS) is 11.4. The molecule has 0 aliphatic heterocycles. The molecule has 20 heavy (non-hydrogen) atoms. The summed E-state index contributed by atoms with van der Waals surface area (Å²) in [5, 5.41) is 2.50. The molecule has 0 spiro atoms. The third kappa shape index (κ3) is 4.68. The second-order valence-electron chi connectivity index (χ2n) is 4.56. The van der Waals surface area contributed by atoms with Gasteiger partial charge in [-0.05, 0) is 29.7 Å². The van der Waals surface area contributed by atoms with E-state index in [4.69, 9.17) is 15.4 Å². The van der Waals surface area contributed by atoms with Crippen LogP contribution in [0.2, 0.25) is 0 Å². The van der Waals surface area contributed by atoms with Crippen molar-refractivity contribution in [1.29, 1.82) is 0 Å². The van der Waals surface area contributed by atoms with E-state index in [1.54, 1.807) is 13.1 Å². The van der Waals surface area contributed by atoms with Crippen molar-refractivity contribution >= 4 is 25.6 Å². The number of carbonyl (C=O) groups excluding carboxylic acids is 1. The van der Waals surface area contributed by atoms with Gasteiger partial charge < -0.3 is 10.1 Å². The van der Waals surface area contributed by atoms with E-state index in [0.717, 1.165) is 5.56 Å². The minimum atomic E-state index is -3.76. The van der Waals surface area contributed by atoms with Crippen LogP contribution in [0.15, 0.2) is 23.1 Å². The van der Waals surface area contributed by atoms with Crippen molar-refractivity contribution in [2.24, 2.45) is 0 Å². The molecule has 1 aromatic rings. The Bertz CT molecular complexity index is 584. The molecule has 0 saturated carbocycles. The van der Waals surface area contributed by atoms with Gasteiger partial charge in [-0.3, -0.25) is 4.79 Å². The molecule has 1 rings (SSSR count). The monoisotopic (exact) mass is 319 g/mol. The average Bonchev–Trinajstić information content (AvgIpc) is 2.37. The van der Waals surface area contributed by atoms with Gasteiger partial charge in [-0.15, -0.1) is 0 Å². The van der Waals surface area contributed by atoms with Gasteiger partial charge in [-0.25, -0.2) is 8.42 Å². The van der Waals surface area contributed by atoms with E-state index in [1.165, 1.54) is 12.1 Å². The highest BCUT2D eigenvalue weighted by Crippen LogP contribution is 2.30. The lowest BCUT2D eigenvalue weighted by Crippen LogP contribution is -2.20. The fourth-order valence-corrected chi connectivity index (χ4v) is 2.43. The zero-order valence-electron chi connectivity index (χ0n) is 11.6. The predicted octanol–water partition coefficient (Wildman–Crippen LogP) is 2.25. The molecule has 0 heterocycles. The highest BCUT2D eigenvalue weighted by molar-refractivity contribution is 8.13. The summed E-state index contributed by atoms with van der Waals surface area (Å²) >= 11 is 0. The Kier molecular flexibility index (Phi) is 5.83. The molecule has 0 atom stereocenters. The molecule has 5 nitrogen and oxygen atoms in total. The average molecular weight is 320 g/mol. The Morgan fingerprint density at radius 3 is 2.55 bits per heavy atom. The lowest BCUT2D eigenvalue weighted by Gasteiger charge is -2.14. The summed E-state index contributed by atoms with van der Waals surface area (Å²) in [5.41, 5.74) is 0.739. The van der Waals surface area contributed by atoms with Crippen molar-refractivity contribution in [3.8, 4) is 5.75 Å². The fraction of sp³-hybridized carbons (Fsp3) is 0.462. The summed E-state index contributed by atoms with van der Waals surface area (Å²) in [6.45, 7) is 4.07. The van der Waals surface area contributed by atoms with E-state index >= 15 is 0 Å². The third-order valence-corrected chi connectivity index (χ3v) is 4.10. The van der Waals surface area contributed by atoms with Crippen molar-refractivity contribution in [3.05, 3.63) is 23.8 Å². The molecule has 1 aromatic carbocycles. The van der Waals surface area contributed by atoms with Gasteiger partial charge in [-0.2, -0.15) is 0 Å². The molecular formula is C13H18ClNO4S. The highest BCUT2D eigenvalue weighted by Gasteiger charge is 2.15. The van der Waals surface area contributed by atoms with Gasteiger partial charge in [0.15, 0.2) is 0 Å². The zero-order valence-corrected chi connectivity index (χ0v) is 13.2. The molecule has 0 radical (unpaired) electrons. The SMILES string of the molecule is CNC(=O)CCOc1ccc(S(=O)(=O)Cl)cc1C(C)C. The molecule has 0 aliphatic rings. The van der Waals surface area contributed by atoms with Crippen LogP contribution in [0.5, 0.6) is 5.75 Å². The zero-order chi connectivity index (χ0) is 15.3. The summed E-state index contributed by atoms with van der Waals surface area (Å²) in [4.78, 5) is 11.2. The largest absolute Gasteiger partial charge is 0.493 e. The first-order valence-corrected chi connectivity index (χ1v) is 8.48. The molecule has 0 saturated heterocycles. The van der Waals surface area contributed by atoms with Crippen LogP contribution in [0, 0.1) is 0 Å². The minimum Gasteiger partial charge on any atom is -0.493 e. The molecule has 0 unspecified atom stereocenters. The van der Waals surface area contributed by atoms with E-state index < -0.39 is 9.05 Å². The van der Waals surface area contributed by atoms with Gasteiger partial charge in [0.25, 0.3) is 9.05 Å². The van der Waals surface area contributed by atoms with Gasteiger partial charge in [0.05, 0.1) is 17.9 Å². The Labute approximate surface area is 123 Å². The molecular weight excluding hydrogens is 302 g/mol. The summed E-state index contributed by atoms with van der Waals surface area (Å²) in [6.07, 6.45) is 0.240. The van der Waals surface area contributed by atoms with E-state index in [1.807, 2.05) is 13.8 Å². The molecule has 0 aliphatic carbocycles. The smallest absolute Gasteiger partial charge is 0.261 e. The van der Waals surface area contributed by atoms with E-state index in [-0.39, 0.29) is 29.7 Å². The molecule has 0 bridgehead atoms. The number of rotatable bonds is 6. The lowest BCUT2D eigenvalue weighted by atomic mass is 10.0. The van der Waals surface area contributed by atoms with Gasteiger partial charge in [0.1, 0.15) is 5.75 Å². The van der Waals surface area contributed by atoms with Crippen molar-refractivity contribution in [1.82, 2.24) is 5.32 Å². The van der Waals surface area contributed by atoms with Crippen LogP contribution in [-0.2, 0) is 13.8 Å². The first kappa shape index (κ1) is 16.8. The maximum absolute atomic E-state index is 11.3. The molecule has 1 N–H and O–H groups in total. The summed E-state index contributed by atoms with van der Waals surface area (Å²) in [6, 6.07) is 4.46. The third-order valence-electron chi connectivity index (χ3n) is 2.75. The number of hydrogen-bond donors (Lipinski definition) is 1. The second kappa shape index (κ2) is 6.95. The number of nitrogens with one attached hydrogen (secondary N) is 1. The van der Waals surface area contributed by atoms with E-state index in [2.05, 4.69) is 5.32 Å². The first-order valence-electron chi connectivity index (χ1n) is 6.17. The Hall–Kier alpha value is -1.27. The molecule has 0 fully saturated rings. The first-order chi connectivity index (χ1) is 9.25. The maximum Gasteiger partial charge on any atom is 0.261 e. The molecule has 7 heteroatoms. The quantitative estimate of drug-likeness (QED) is 0.816. The minimum absolute atomic E-state index is 0.0431. The van der Waals surface area contributed by atoms with Gasteiger partial charge in [-0.1, -0.05) is 13.8 Å². The standard InChI is InChI=1S/C13H18ClNO4S/c1-9(2)11-8-10(20(14,17)18)4-5-12(11)19-7-6-13(16)15-3/h4-5,8-9H,6-7H2,1-3H3,(H,15,16). The van der Waals surface area contributed by atoms with Crippen molar-refractivity contribution in [3.63, 3.8) is 0 Å². The number of hydrogen-bond acceptors (Lipinski definition) is 4. The molecule has 112 valence electrons. The van der Waals surface area contributed by atoms with Gasteiger partial charge in [0, 0.05) is 17.7 Å². The number of ether oxygens (including phenoxy) is 1. The lowest BCUT2D eigenvalue weighted by molar-refractivity contribution is -0.121. The van der Waals surface area contributed by atoms with E-state index in [9.17, 15) is 13.2 Å². The molecule has 1 amide bonds. The maximum atomic E-state index is 11.3. The van der Waals surface area contributed by atoms with Crippen LogP contribution in [0.25, 0.3) is 0 Å². The number of halogens is 1. The van der Waals surface area contributed by atoms with Gasteiger partial charge in [0.2, 0.25) is 5.91 Å². The van der Waals surface area contributed by atoms with Crippen molar-refractivity contribution in [2.75, 3.05) is 13.7 Å². The van der Waals surface area contributed by atoms with E-state index in [0.29, 0.717) is 5.75 Å². The summed E-state index contributed by atoms with van der Waals surface area (Å²) in [5.74, 6) is 0.521. The van der Waals surface area contributed by atoms with Gasteiger partial charge >= 0.3 is 0 Å². The topological polar surface area (TPSA) is 72.5 Å². The Morgan fingerprint density at radius 1 is 1.40 bits per heavy atom. The number of amides is 1. The van der Waals surface area contributed by atoms with Crippen LogP contribution in [0.4, 0.5) is 0 Å². The van der Waals surface area contributed by atoms with Crippen LogP contribution in [0.1, 0.15) is 31.7 Å². The highest BCUT2D eigenvalue weighted by atomic mass is 35.7. The summed E-state index contributed by atoms with van der Waals surface area (Å²) < 4.78 is 28.2. The van der Waals surface area contributed by atoms with Crippen LogP contribution in [0.3, 0.4) is 0 Å². The van der Waals surface area contributed by atoms with Crippen molar-refractivity contribution in [2.45, 2.75) is 31.1 Å². The summed E-state index contributed by atoms with van der Waals surface area (Å²) in [7, 11) is 3.13. The Balaban J connectivity index is 2.94. The molecule has 0 aromatic heterocycles.